The van der Waals surface area contributed by atoms with Gasteiger partial charge in [-0.3, -0.25) is 4.57 Å². The summed E-state index contributed by atoms with van der Waals surface area (Å²) in [5, 5.41) is 8.10. The van der Waals surface area contributed by atoms with Crippen molar-refractivity contribution in [3.63, 3.8) is 0 Å². The van der Waals surface area contributed by atoms with Gasteiger partial charge in [0.25, 0.3) is 0 Å². The highest BCUT2D eigenvalue weighted by Crippen LogP contribution is 2.31. The molecule has 140 valence electrons. The van der Waals surface area contributed by atoms with Crippen LogP contribution in [0.3, 0.4) is 0 Å². The molecule has 0 amide bonds. The minimum Gasteiger partial charge on any atom is -0.273 e. The number of pyridine rings is 1. The third-order valence-corrected chi connectivity index (χ3v) is 4.20. The zero-order valence-electron chi connectivity index (χ0n) is 13.9. The highest BCUT2D eigenvalue weighted by molar-refractivity contribution is 6.29. The van der Waals surface area contributed by atoms with Gasteiger partial charge in [-0.2, -0.15) is 0 Å². The molecule has 2 heterocycles. The summed E-state index contributed by atoms with van der Waals surface area (Å²) >= 11 is 5.82. The first-order chi connectivity index (χ1) is 13.4. The second-order valence-corrected chi connectivity index (χ2v) is 6.16. The maximum absolute atomic E-state index is 14.4. The molecule has 28 heavy (non-hydrogen) atoms. The lowest BCUT2D eigenvalue weighted by molar-refractivity contribution is 0.584. The average molecular weight is 405 g/mol. The summed E-state index contributed by atoms with van der Waals surface area (Å²) in [6.07, 6.45) is 1.36. The molecule has 0 saturated heterocycles. The van der Waals surface area contributed by atoms with Crippen LogP contribution in [-0.4, -0.2) is 19.7 Å². The molecule has 4 nitrogen and oxygen atoms in total. The van der Waals surface area contributed by atoms with Crippen LogP contribution in [0.1, 0.15) is 0 Å². The molecule has 0 aliphatic carbocycles. The fourth-order valence-corrected chi connectivity index (χ4v) is 2.83. The van der Waals surface area contributed by atoms with Crippen molar-refractivity contribution >= 4 is 11.6 Å². The summed E-state index contributed by atoms with van der Waals surface area (Å²) in [4.78, 5) is 3.96. The van der Waals surface area contributed by atoms with Gasteiger partial charge in [-0.25, -0.2) is 22.5 Å². The van der Waals surface area contributed by atoms with Crippen molar-refractivity contribution in [2.24, 2.45) is 0 Å². The van der Waals surface area contributed by atoms with Crippen molar-refractivity contribution in [2.75, 3.05) is 0 Å². The van der Waals surface area contributed by atoms with Gasteiger partial charge >= 0.3 is 0 Å². The maximum atomic E-state index is 14.4. The van der Waals surface area contributed by atoms with Crippen LogP contribution in [0.5, 0.6) is 0 Å². The number of benzene rings is 2. The Kier molecular flexibility index (Phi) is 4.56. The summed E-state index contributed by atoms with van der Waals surface area (Å²) < 4.78 is 56.6. The predicted octanol–water partition coefficient (Wildman–Crippen LogP) is 5.21. The summed E-state index contributed by atoms with van der Waals surface area (Å²) in [5.74, 6) is -3.29. The number of halogens is 5. The standard InChI is InChI=1S/C19H9ClF4N4/c20-17-6-3-12(9-25-17)28-18(13-4-1-10(21)7-15(13)23)26-27-19(28)14-5-2-11(22)8-16(14)24/h1-9H. The number of hydrogen-bond donors (Lipinski definition) is 0. The molecule has 0 bridgehead atoms. The second kappa shape index (κ2) is 7.05. The van der Waals surface area contributed by atoms with E-state index in [1.54, 1.807) is 6.07 Å². The van der Waals surface area contributed by atoms with Gasteiger partial charge in [0.1, 0.15) is 28.4 Å². The lowest BCUT2D eigenvalue weighted by atomic mass is 10.1. The van der Waals surface area contributed by atoms with Crippen LogP contribution in [0.4, 0.5) is 17.6 Å². The number of hydrogen-bond acceptors (Lipinski definition) is 3. The van der Waals surface area contributed by atoms with Gasteiger partial charge in [0.2, 0.25) is 0 Å². The fourth-order valence-electron chi connectivity index (χ4n) is 2.72. The van der Waals surface area contributed by atoms with E-state index >= 15 is 0 Å². The fraction of sp³-hybridized carbons (Fsp3) is 0. The molecule has 2 aromatic heterocycles. The maximum Gasteiger partial charge on any atom is 0.171 e. The van der Waals surface area contributed by atoms with Crippen molar-refractivity contribution < 1.29 is 17.6 Å². The highest BCUT2D eigenvalue weighted by atomic mass is 35.5. The quantitative estimate of drug-likeness (QED) is 0.348. The molecule has 0 fully saturated rings. The van der Waals surface area contributed by atoms with Gasteiger partial charge in [-0.15, -0.1) is 10.2 Å². The number of rotatable bonds is 3. The van der Waals surface area contributed by atoms with Crippen molar-refractivity contribution in [1.82, 2.24) is 19.7 Å². The zero-order valence-corrected chi connectivity index (χ0v) is 14.6. The van der Waals surface area contributed by atoms with Crippen molar-refractivity contribution in [1.29, 1.82) is 0 Å². The zero-order chi connectivity index (χ0) is 19.8. The van der Waals surface area contributed by atoms with Crippen LogP contribution < -0.4 is 0 Å². The van der Waals surface area contributed by atoms with E-state index in [9.17, 15) is 17.6 Å². The first-order valence-electron chi connectivity index (χ1n) is 7.92. The van der Waals surface area contributed by atoms with Crippen LogP contribution in [0, 0.1) is 23.3 Å². The third kappa shape index (κ3) is 3.22. The van der Waals surface area contributed by atoms with E-state index in [0.717, 1.165) is 12.1 Å². The molecule has 0 N–H and O–H groups in total. The molecule has 0 radical (unpaired) electrons. The number of nitrogens with zero attached hydrogens (tertiary/aromatic N) is 4. The molecule has 0 saturated carbocycles. The molecule has 0 atom stereocenters. The van der Waals surface area contributed by atoms with Gasteiger partial charge in [0.15, 0.2) is 11.6 Å². The first kappa shape index (κ1) is 18.1. The monoisotopic (exact) mass is 404 g/mol. The Balaban J connectivity index is 2.00. The van der Waals surface area contributed by atoms with Crippen molar-refractivity contribution in [3.8, 4) is 28.5 Å². The average Bonchev–Trinajstić information content (AvgIpc) is 3.07. The highest BCUT2D eigenvalue weighted by Gasteiger charge is 2.22. The minimum absolute atomic E-state index is 0.0136. The van der Waals surface area contributed by atoms with Gasteiger partial charge in [-0.05, 0) is 36.4 Å². The Morgan fingerprint density at radius 3 is 1.68 bits per heavy atom. The normalized spacial score (nSPS) is 11.0. The SMILES string of the molecule is Fc1ccc(-c2nnc(-c3ccc(F)cc3F)n2-c2ccc(Cl)nc2)c(F)c1. The molecular formula is C19H9ClF4N4. The second-order valence-electron chi connectivity index (χ2n) is 5.77. The molecule has 0 unspecified atom stereocenters. The molecule has 0 spiro atoms. The molecule has 4 aromatic rings. The van der Waals surface area contributed by atoms with E-state index in [4.69, 9.17) is 11.6 Å². The minimum atomic E-state index is -0.873. The number of aromatic nitrogens is 4. The lowest BCUT2D eigenvalue weighted by Gasteiger charge is -2.11. The van der Waals surface area contributed by atoms with Gasteiger partial charge in [0, 0.05) is 12.1 Å². The molecule has 4 rings (SSSR count). The smallest absolute Gasteiger partial charge is 0.171 e. The van der Waals surface area contributed by atoms with Crippen LogP contribution >= 0.6 is 11.6 Å². The van der Waals surface area contributed by atoms with Crippen molar-refractivity contribution in [3.05, 3.63) is 83.1 Å². The Bertz CT molecular complexity index is 1110. The molecule has 0 aliphatic rings. The van der Waals surface area contributed by atoms with E-state index < -0.39 is 23.3 Å². The van der Waals surface area contributed by atoms with Gasteiger partial charge < -0.3 is 0 Å². The van der Waals surface area contributed by atoms with Crippen LogP contribution in [-0.2, 0) is 0 Å². The van der Waals surface area contributed by atoms with Gasteiger partial charge in [0.05, 0.1) is 23.0 Å². The Morgan fingerprint density at radius 1 is 0.714 bits per heavy atom. The van der Waals surface area contributed by atoms with Crippen LogP contribution in [0.15, 0.2) is 54.7 Å². The van der Waals surface area contributed by atoms with Crippen molar-refractivity contribution in [2.45, 2.75) is 0 Å². The van der Waals surface area contributed by atoms with E-state index in [1.807, 2.05) is 0 Å². The van der Waals surface area contributed by atoms with E-state index in [1.165, 1.54) is 29.0 Å². The molecule has 9 heteroatoms. The summed E-state index contributed by atoms with van der Waals surface area (Å²) in [7, 11) is 0. The van der Waals surface area contributed by atoms with Gasteiger partial charge in [-0.1, -0.05) is 11.6 Å². The summed E-state index contributed by atoms with van der Waals surface area (Å²) in [6, 6.07) is 8.95. The topological polar surface area (TPSA) is 43.6 Å². The first-order valence-corrected chi connectivity index (χ1v) is 8.30. The summed E-state index contributed by atoms with van der Waals surface area (Å²) in [5.41, 5.74) is 0.238. The Morgan fingerprint density at radius 2 is 1.25 bits per heavy atom. The van der Waals surface area contributed by atoms with Crippen LogP contribution in [0.2, 0.25) is 5.15 Å². The lowest BCUT2D eigenvalue weighted by Crippen LogP contribution is -2.03. The predicted molar refractivity (Wildman–Crippen MR) is 94.9 cm³/mol. The van der Waals surface area contributed by atoms with Crippen LogP contribution in [0.25, 0.3) is 28.5 Å². The third-order valence-electron chi connectivity index (χ3n) is 3.98. The summed E-state index contributed by atoms with van der Waals surface area (Å²) in [6.45, 7) is 0. The molecular weight excluding hydrogens is 396 g/mol. The Labute approximate surface area is 161 Å². The Hall–Kier alpha value is -3.26. The molecule has 0 aliphatic heterocycles. The van der Waals surface area contributed by atoms with E-state index in [2.05, 4.69) is 15.2 Å². The van der Waals surface area contributed by atoms with E-state index in [0.29, 0.717) is 17.8 Å². The largest absolute Gasteiger partial charge is 0.273 e. The van der Waals surface area contributed by atoms with E-state index in [-0.39, 0.29) is 27.9 Å². The molecule has 2 aromatic carbocycles.